The first-order valence-corrected chi connectivity index (χ1v) is 12.9. The summed E-state index contributed by atoms with van der Waals surface area (Å²) < 4.78 is 20.9. The number of ether oxygens (including phenoxy) is 1. The number of nitriles is 1. The van der Waals surface area contributed by atoms with Crippen molar-refractivity contribution in [2.45, 2.75) is 45.4 Å². The second-order valence-corrected chi connectivity index (χ2v) is 10.9. The van der Waals surface area contributed by atoms with Gasteiger partial charge in [-0.05, 0) is 26.0 Å². The highest BCUT2D eigenvalue weighted by molar-refractivity contribution is 6.35. The highest BCUT2D eigenvalue weighted by atomic mass is 35.5. The Morgan fingerprint density at radius 1 is 1.16 bits per heavy atom. The zero-order chi connectivity index (χ0) is 27.2. The third kappa shape index (κ3) is 4.87. The summed E-state index contributed by atoms with van der Waals surface area (Å²) in [5.41, 5.74) is 2.58. The van der Waals surface area contributed by atoms with Crippen molar-refractivity contribution in [2.75, 3.05) is 18.0 Å². The molecule has 0 spiro atoms. The van der Waals surface area contributed by atoms with E-state index in [4.69, 9.17) is 27.9 Å². The lowest BCUT2D eigenvalue weighted by Gasteiger charge is -2.50. The molecule has 0 aliphatic carbocycles. The number of anilines is 1. The topological polar surface area (TPSA) is 103 Å². The molecule has 2 N–H and O–H groups in total. The van der Waals surface area contributed by atoms with Crippen LogP contribution in [-0.2, 0) is 0 Å². The average molecular weight is 554 g/mol. The van der Waals surface area contributed by atoms with Crippen molar-refractivity contribution < 1.29 is 9.13 Å². The minimum Gasteiger partial charge on any atom is -0.483 e. The van der Waals surface area contributed by atoms with E-state index in [1.54, 1.807) is 25.3 Å². The van der Waals surface area contributed by atoms with Gasteiger partial charge in [0.25, 0.3) is 0 Å². The van der Waals surface area contributed by atoms with Crippen LogP contribution in [0.4, 0.5) is 10.2 Å². The molecule has 196 valence electrons. The van der Waals surface area contributed by atoms with Gasteiger partial charge in [0.05, 0.1) is 26.7 Å². The lowest BCUT2D eigenvalue weighted by atomic mass is 9.90. The molecule has 4 heterocycles. The number of halogens is 3. The Balaban J connectivity index is 1.45. The molecule has 1 aliphatic rings. The first-order chi connectivity index (χ1) is 18.1. The number of pyridine rings is 2. The van der Waals surface area contributed by atoms with Crippen molar-refractivity contribution in [3.63, 3.8) is 0 Å². The van der Waals surface area contributed by atoms with Crippen molar-refractivity contribution in [3.05, 3.63) is 63.8 Å². The number of aromatic nitrogens is 4. The van der Waals surface area contributed by atoms with Gasteiger partial charge in [0.2, 0.25) is 0 Å². The second kappa shape index (κ2) is 10.0. The highest BCUT2D eigenvalue weighted by Crippen LogP contribution is 2.37. The molecule has 11 heteroatoms. The normalized spacial score (nSPS) is 15.4. The van der Waals surface area contributed by atoms with Crippen LogP contribution in [0.25, 0.3) is 22.2 Å². The molecule has 0 saturated carbocycles. The van der Waals surface area contributed by atoms with E-state index in [0.717, 1.165) is 13.1 Å². The Bertz CT molecular complexity index is 1540. The predicted molar refractivity (Wildman–Crippen MR) is 146 cm³/mol. The summed E-state index contributed by atoms with van der Waals surface area (Å²) in [6.07, 6.45) is 3.96. The first-order valence-electron chi connectivity index (χ1n) is 12.1. The van der Waals surface area contributed by atoms with Crippen LogP contribution in [0.1, 0.15) is 44.9 Å². The third-order valence-electron chi connectivity index (χ3n) is 6.49. The zero-order valence-electron chi connectivity index (χ0n) is 21.3. The Hall–Kier alpha value is -3.45. The maximum atomic E-state index is 14.9. The number of fused-ring (bicyclic) bond motifs is 1. The summed E-state index contributed by atoms with van der Waals surface area (Å²) in [5, 5.41) is 22.0. The van der Waals surface area contributed by atoms with Gasteiger partial charge in [-0.2, -0.15) is 10.4 Å². The zero-order valence-corrected chi connectivity index (χ0v) is 22.8. The van der Waals surface area contributed by atoms with E-state index < -0.39 is 11.9 Å². The van der Waals surface area contributed by atoms with Gasteiger partial charge < -0.3 is 15.0 Å². The van der Waals surface area contributed by atoms with Crippen molar-refractivity contribution in [2.24, 2.45) is 0 Å². The molecular formula is C27H26Cl2FN7O. The van der Waals surface area contributed by atoms with E-state index in [1.807, 2.05) is 0 Å². The SMILES string of the molecule is CC(C)NC1(C)CN(c2ncc(-c3n[nH]c4cc(F)c(O[C@H](C)c5c(Cl)cncc5Cl)cc34)cc2C#N)C1. The Morgan fingerprint density at radius 2 is 1.87 bits per heavy atom. The second-order valence-electron chi connectivity index (χ2n) is 10.1. The van der Waals surface area contributed by atoms with Crippen LogP contribution in [0, 0.1) is 17.1 Å². The molecule has 0 radical (unpaired) electrons. The number of H-pyrrole nitrogens is 1. The molecule has 38 heavy (non-hydrogen) atoms. The summed E-state index contributed by atoms with van der Waals surface area (Å²) in [7, 11) is 0. The van der Waals surface area contributed by atoms with Crippen LogP contribution in [-0.4, -0.2) is 44.8 Å². The lowest BCUT2D eigenvalue weighted by Crippen LogP contribution is -2.69. The van der Waals surface area contributed by atoms with E-state index in [1.165, 1.54) is 18.5 Å². The molecule has 0 amide bonds. The minimum absolute atomic E-state index is 0.0131. The first kappa shape index (κ1) is 26.2. The lowest BCUT2D eigenvalue weighted by molar-refractivity contribution is 0.217. The van der Waals surface area contributed by atoms with Crippen molar-refractivity contribution in [3.8, 4) is 23.1 Å². The fourth-order valence-corrected chi connectivity index (χ4v) is 5.72. The molecule has 0 unspecified atom stereocenters. The van der Waals surface area contributed by atoms with E-state index >= 15 is 0 Å². The molecule has 0 bridgehead atoms. The summed E-state index contributed by atoms with van der Waals surface area (Å²) in [5.74, 6) is 0.0798. The summed E-state index contributed by atoms with van der Waals surface area (Å²) in [6.45, 7) is 9.62. The number of benzene rings is 1. The number of nitrogens with one attached hydrogen (secondary N) is 2. The quantitative estimate of drug-likeness (QED) is 0.287. The van der Waals surface area contributed by atoms with E-state index in [0.29, 0.717) is 55.2 Å². The predicted octanol–water partition coefficient (Wildman–Crippen LogP) is 6.05. The van der Waals surface area contributed by atoms with Crippen molar-refractivity contribution >= 4 is 39.9 Å². The maximum absolute atomic E-state index is 14.9. The molecule has 3 aromatic heterocycles. The van der Waals surface area contributed by atoms with Gasteiger partial charge in [-0.1, -0.05) is 37.0 Å². The number of rotatable bonds is 7. The van der Waals surface area contributed by atoms with Crippen LogP contribution in [0.2, 0.25) is 10.0 Å². The minimum atomic E-state index is -0.640. The van der Waals surface area contributed by atoms with Crippen LogP contribution in [0.3, 0.4) is 0 Å². The van der Waals surface area contributed by atoms with E-state index in [2.05, 4.69) is 57.2 Å². The van der Waals surface area contributed by atoms with E-state index in [-0.39, 0.29) is 11.3 Å². The number of hydrogen-bond acceptors (Lipinski definition) is 7. The fourth-order valence-electron chi connectivity index (χ4n) is 5.04. The van der Waals surface area contributed by atoms with E-state index in [9.17, 15) is 9.65 Å². The molecule has 1 fully saturated rings. The fraction of sp³-hybridized carbons (Fsp3) is 0.333. The molecule has 8 nitrogen and oxygen atoms in total. The molecule has 1 aromatic carbocycles. The Labute approximate surface area is 229 Å². The van der Waals surface area contributed by atoms with Crippen molar-refractivity contribution in [1.29, 1.82) is 5.26 Å². The standard InChI is InChI=1S/C27H26Cl2FN7O/c1-14(2)34-27(4)12-37(13-27)26-16(8-31)5-17(9-33-26)25-18-6-23(21(30)7-22(18)35-36-25)38-15(3)24-19(28)10-32-11-20(24)29/h5-7,9-11,14-15,34H,12-13H2,1-4H3,(H,35,36)/t15-/m1/s1. The van der Waals surface area contributed by atoms with Gasteiger partial charge in [-0.25, -0.2) is 9.37 Å². The van der Waals surface area contributed by atoms with Crippen LogP contribution < -0.4 is 15.0 Å². The Morgan fingerprint density at radius 3 is 2.53 bits per heavy atom. The van der Waals surface area contributed by atoms with Gasteiger partial charge in [0, 0.05) is 60.3 Å². The molecule has 1 atom stereocenters. The van der Waals surface area contributed by atoms with Gasteiger partial charge >= 0.3 is 0 Å². The molecule has 1 saturated heterocycles. The molecular weight excluding hydrogens is 528 g/mol. The smallest absolute Gasteiger partial charge is 0.167 e. The number of hydrogen-bond donors (Lipinski definition) is 2. The van der Waals surface area contributed by atoms with Crippen LogP contribution in [0.15, 0.2) is 36.8 Å². The third-order valence-corrected chi connectivity index (χ3v) is 7.10. The maximum Gasteiger partial charge on any atom is 0.167 e. The Kier molecular flexibility index (Phi) is 6.90. The van der Waals surface area contributed by atoms with Crippen LogP contribution in [0.5, 0.6) is 5.75 Å². The summed E-state index contributed by atoms with van der Waals surface area (Å²) >= 11 is 12.5. The summed E-state index contributed by atoms with van der Waals surface area (Å²) in [4.78, 5) is 10.6. The monoisotopic (exact) mass is 553 g/mol. The highest BCUT2D eigenvalue weighted by Gasteiger charge is 2.40. The summed E-state index contributed by atoms with van der Waals surface area (Å²) in [6, 6.07) is 7.27. The van der Waals surface area contributed by atoms with Gasteiger partial charge in [-0.3, -0.25) is 10.1 Å². The van der Waals surface area contributed by atoms with Crippen molar-refractivity contribution in [1.82, 2.24) is 25.5 Å². The molecule has 4 aromatic rings. The largest absolute Gasteiger partial charge is 0.483 e. The number of aromatic amines is 1. The van der Waals surface area contributed by atoms with Gasteiger partial charge in [0.1, 0.15) is 23.7 Å². The number of nitrogens with zero attached hydrogens (tertiary/aromatic N) is 5. The average Bonchev–Trinajstić information content (AvgIpc) is 3.24. The van der Waals surface area contributed by atoms with Gasteiger partial charge in [-0.15, -0.1) is 0 Å². The molecule has 5 rings (SSSR count). The molecule has 1 aliphatic heterocycles. The van der Waals surface area contributed by atoms with Gasteiger partial charge in [0.15, 0.2) is 11.6 Å². The van der Waals surface area contributed by atoms with Crippen LogP contribution >= 0.6 is 23.2 Å².